The number of thiazole rings is 1. The van der Waals surface area contributed by atoms with Gasteiger partial charge in [-0.15, -0.1) is 11.3 Å². The van der Waals surface area contributed by atoms with Gasteiger partial charge in [0.2, 0.25) is 13.3 Å². The molecule has 2 N–H and O–H groups in total. The maximum Gasteiger partial charge on any atom is 0.253 e. The van der Waals surface area contributed by atoms with Gasteiger partial charge in [-0.3, -0.25) is 9.59 Å². The summed E-state index contributed by atoms with van der Waals surface area (Å²) in [5, 5.41) is 7.82. The third-order valence-corrected chi connectivity index (χ3v) is 5.63. The first kappa shape index (κ1) is 21.8. The van der Waals surface area contributed by atoms with E-state index in [1.165, 1.54) is 35.3 Å². The fraction of sp³-hybridized carbons (Fsp3) is 0.318. The number of nitrogens with zero attached hydrogens (tertiary/aromatic N) is 2. The maximum atomic E-state index is 12.2. The molecule has 3 rings (SSSR count). The van der Waals surface area contributed by atoms with Crippen LogP contribution in [0.4, 0.5) is 5.13 Å². The average molecular weight is 421 g/mol. The number of amides is 2. The minimum absolute atomic E-state index is 0.111. The number of benzene rings is 1. The van der Waals surface area contributed by atoms with Crippen molar-refractivity contribution in [2.75, 3.05) is 11.9 Å². The Labute approximate surface area is 182 Å². The summed E-state index contributed by atoms with van der Waals surface area (Å²) in [6.07, 6.45) is 6.95. The van der Waals surface area contributed by atoms with Gasteiger partial charge in [0.1, 0.15) is 0 Å². The minimum Gasteiger partial charge on any atom is -0.402 e. The third kappa shape index (κ3) is 5.60. The summed E-state index contributed by atoms with van der Waals surface area (Å²) in [4.78, 5) is 28.8. The van der Waals surface area contributed by atoms with Gasteiger partial charge in [-0.2, -0.15) is 0 Å². The molecule has 2 heterocycles. The second kappa shape index (κ2) is 10.3. The number of aryl methyl sites for hydroxylation is 2. The summed E-state index contributed by atoms with van der Waals surface area (Å²) in [7, 11) is 1.84. The molecule has 1 aromatic carbocycles. The van der Waals surface area contributed by atoms with Crippen LogP contribution < -0.4 is 10.6 Å². The van der Waals surface area contributed by atoms with E-state index in [9.17, 15) is 9.59 Å². The average Bonchev–Trinajstić information content (AvgIpc) is 3.41. The van der Waals surface area contributed by atoms with Crippen molar-refractivity contribution in [2.24, 2.45) is 0 Å². The number of rotatable bonds is 9. The van der Waals surface area contributed by atoms with Gasteiger partial charge in [0.05, 0.1) is 17.8 Å². The van der Waals surface area contributed by atoms with Gasteiger partial charge in [-0.05, 0) is 49.2 Å². The van der Waals surface area contributed by atoms with Crippen molar-refractivity contribution in [1.29, 1.82) is 0 Å². The van der Waals surface area contributed by atoms with Gasteiger partial charge in [0, 0.05) is 17.1 Å². The molecular weight excluding hydrogens is 395 g/mol. The number of hydrogen-bond acceptors (Lipinski definition) is 4. The van der Waals surface area contributed by atoms with Crippen LogP contribution in [0.3, 0.4) is 0 Å². The molecule has 0 fully saturated rings. The highest BCUT2D eigenvalue weighted by molar-refractivity contribution is 7.14. The molecule has 0 atom stereocenters. The maximum absolute atomic E-state index is 12.2. The van der Waals surface area contributed by atoms with E-state index in [4.69, 9.17) is 0 Å². The molecule has 0 unspecified atom stereocenters. The van der Waals surface area contributed by atoms with Crippen molar-refractivity contribution in [3.63, 3.8) is 0 Å². The summed E-state index contributed by atoms with van der Waals surface area (Å²) in [5.74, 6) is -0.596. The van der Waals surface area contributed by atoms with Gasteiger partial charge >= 0.3 is 0 Å². The standard InChI is InChI=1S/C22H26BN4O2S/c1-4-5-6-16-7-8-17(11-15(16)2)19-14-30-22(25-19)26-20(28)12-24-21(29)18-9-10-27(13-18)23-3/h7-11,13-14H,4-6,12H2,1-3H3,(H,24,29)(H,25,26,28). The molecule has 8 heteroatoms. The van der Waals surface area contributed by atoms with Crippen LogP contribution in [0.25, 0.3) is 11.3 Å². The first-order valence-electron chi connectivity index (χ1n) is 10.1. The Balaban J connectivity index is 1.55. The number of nitrogens with one attached hydrogen (secondary N) is 2. The Kier molecular flexibility index (Phi) is 7.46. The lowest BCUT2D eigenvalue weighted by atomic mass is 10.00. The van der Waals surface area contributed by atoms with Crippen molar-refractivity contribution >= 4 is 35.7 Å². The van der Waals surface area contributed by atoms with Crippen molar-refractivity contribution in [1.82, 2.24) is 14.8 Å². The van der Waals surface area contributed by atoms with Crippen LogP contribution in [0, 0.1) is 6.92 Å². The highest BCUT2D eigenvalue weighted by Gasteiger charge is 2.12. The second-order valence-electron chi connectivity index (χ2n) is 7.12. The van der Waals surface area contributed by atoms with Gasteiger partial charge < -0.3 is 15.1 Å². The molecule has 0 saturated carbocycles. The van der Waals surface area contributed by atoms with Crippen LogP contribution in [-0.4, -0.2) is 35.2 Å². The van der Waals surface area contributed by atoms with Crippen LogP contribution in [0.1, 0.15) is 41.3 Å². The van der Waals surface area contributed by atoms with Crippen LogP contribution in [0.5, 0.6) is 0 Å². The highest BCUT2D eigenvalue weighted by Crippen LogP contribution is 2.27. The zero-order chi connectivity index (χ0) is 21.5. The summed E-state index contributed by atoms with van der Waals surface area (Å²) < 4.78 is 1.78. The Morgan fingerprint density at radius 2 is 2.10 bits per heavy atom. The molecule has 0 aliphatic rings. The largest absolute Gasteiger partial charge is 0.402 e. The van der Waals surface area contributed by atoms with Crippen LogP contribution in [0.2, 0.25) is 6.82 Å². The van der Waals surface area contributed by atoms with Crippen molar-refractivity contribution in [3.8, 4) is 11.3 Å². The monoisotopic (exact) mass is 421 g/mol. The lowest BCUT2D eigenvalue weighted by Crippen LogP contribution is -2.32. The fourth-order valence-electron chi connectivity index (χ4n) is 3.10. The first-order chi connectivity index (χ1) is 14.5. The van der Waals surface area contributed by atoms with Crippen LogP contribution >= 0.6 is 11.3 Å². The summed E-state index contributed by atoms with van der Waals surface area (Å²) in [6, 6.07) is 8.09. The molecule has 0 bridgehead atoms. The lowest BCUT2D eigenvalue weighted by Gasteiger charge is -2.07. The van der Waals surface area contributed by atoms with E-state index in [0.29, 0.717) is 10.7 Å². The van der Waals surface area contributed by atoms with Crippen molar-refractivity contribution in [3.05, 3.63) is 58.7 Å². The molecule has 0 aliphatic heterocycles. The third-order valence-electron chi connectivity index (χ3n) is 4.87. The first-order valence-corrected chi connectivity index (χ1v) is 11.0. The number of hydrogen-bond donors (Lipinski definition) is 2. The number of carbonyl (C=O) groups excluding carboxylic acids is 2. The fourth-order valence-corrected chi connectivity index (χ4v) is 3.84. The van der Waals surface area contributed by atoms with Crippen molar-refractivity contribution in [2.45, 2.75) is 39.9 Å². The molecule has 2 aromatic heterocycles. The zero-order valence-corrected chi connectivity index (χ0v) is 18.4. The predicted octanol–water partition coefficient (Wildman–Crippen LogP) is 4.15. The highest BCUT2D eigenvalue weighted by atomic mass is 32.1. The quantitative estimate of drug-likeness (QED) is 0.510. The normalized spacial score (nSPS) is 10.6. The Hall–Kier alpha value is -2.87. The topological polar surface area (TPSA) is 76.0 Å². The van der Waals surface area contributed by atoms with Gasteiger partial charge in [0.15, 0.2) is 5.13 Å². The van der Waals surface area contributed by atoms with E-state index in [1.54, 1.807) is 22.9 Å². The van der Waals surface area contributed by atoms with Gasteiger partial charge in [-0.25, -0.2) is 4.98 Å². The minimum atomic E-state index is -0.308. The molecule has 3 aromatic rings. The van der Waals surface area contributed by atoms with E-state index in [-0.39, 0.29) is 18.4 Å². The molecule has 1 radical (unpaired) electrons. The Morgan fingerprint density at radius 1 is 1.27 bits per heavy atom. The van der Waals surface area contributed by atoms with Crippen molar-refractivity contribution < 1.29 is 9.59 Å². The Bertz CT molecular complexity index is 1030. The van der Waals surface area contributed by atoms with Crippen LogP contribution in [-0.2, 0) is 11.2 Å². The summed E-state index contributed by atoms with van der Waals surface area (Å²) in [6.45, 7) is 6.08. The second-order valence-corrected chi connectivity index (χ2v) is 7.98. The number of anilines is 1. The SMILES string of the molecule is C[B]n1ccc(C(=O)NCC(=O)Nc2nc(-c3ccc(CCCC)c(C)c3)cs2)c1. The van der Waals surface area contributed by atoms with E-state index >= 15 is 0 Å². The molecule has 155 valence electrons. The molecule has 6 nitrogen and oxygen atoms in total. The Morgan fingerprint density at radius 3 is 2.80 bits per heavy atom. The number of carbonyl (C=O) groups is 2. The molecular formula is C22H26BN4O2S. The number of aromatic nitrogens is 2. The van der Waals surface area contributed by atoms with Gasteiger partial charge in [-0.1, -0.05) is 32.3 Å². The summed E-state index contributed by atoms with van der Waals surface area (Å²) in [5.41, 5.74) is 5.01. The van der Waals surface area contributed by atoms with E-state index < -0.39 is 0 Å². The molecule has 30 heavy (non-hydrogen) atoms. The van der Waals surface area contributed by atoms with E-state index in [1.807, 2.05) is 19.6 Å². The van der Waals surface area contributed by atoms with Gasteiger partial charge in [0.25, 0.3) is 5.91 Å². The summed E-state index contributed by atoms with van der Waals surface area (Å²) >= 11 is 1.37. The molecule has 0 spiro atoms. The van der Waals surface area contributed by atoms with E-state index in [0.717, 1.165) is 17.7 Å². The predicted molar refractivity (Wildman–Crippen MR) is 123 cm³/mol. The smallest absolute Gasteiger partial charge is 0.253 e. The molecule has 2 amide bonds. The lowest BCUT2D eigenvalue weighted by molar-refractivity contribution is -0.115. The molecule has 0 aliphatic carbocycles. The van der Waals surface area contributed by atoms with Crippen LogP contribution in [0.15, 0.2) is 42.0 Å². The van der Waals surface area contributed by atoms with E-state index in [2.05, 4.69) is 47.7 Å². The zero-order valence-electron chi connectivity index (χ0n) is 17.6. The number of unbranched alkanes of at least 4 members (excludes halogenated alkanes) is 1. The molecule has 0 saturated heterocycles.